The van der Waals surface area contributed by atoms with Crippen LogP contribution in [0.25, 0.3) is 16.6 Å². The van der Waals surface area contributed by atoms with E-state index in [2.05, 4.69) is 4.98 Å². The molecule has 0 radical (unpaired) electrons. The summed E-state index contributed by atoms with van der Waals surface area (Å²) in [5.74, 6) is 0. The number of hydrogen-bond acceptors (Lipinski definition) is 2. The Hall–Kier alpha value is -1.62. The number of fused-ring (bicyclic) bond motifs is 1. The average molecular weight is 323 g/mol. The van der Waals surface area contributed by atoms with Gasteiger partial charge in [0.15, 0.2) is 4.77 Å². The predicted octanol–water partition coefficient (Wildman–Crippen LogP) is 4.36. The van der Waals surface area contributed by atoms with Gasteiger partial charge in [0.25, 0.3) is 5.56 Å². The fourth-order valence-corrected chi connectivity index (χ4v) is 2.69. The van der Waals surface area contributed by atoms with Gasteiger partial charge in [0.2, 0.25) is 0 Å². The number of rotatable bonds is 1. The summed E-state index contributed by atoms with van der Waals surface area (Å²) in [5, 5.41) is 1.60. The molecule has 0 unspecified atom stereocenters. The van der Waals surface area contributed by atoms with Crippen molar-refractivity contribution in [2.24, 2.45) is 0 Å². The van der Waals surface area contributed by atoms with E-state index in [0.29, 0.717) is 31.4 Å². The third-order valence-corrected chi connectivity index (χ3v) is 3.68. The quantitative estimate of drug-likeness (QED) is 0.676. The van der Waals surface area contributed by atoms with Crippen LogP contribution in [0.3, 0.4) is 0 Å². The van der Waals surface area contributed by atoms with Crippen molar-refractivity contribution in [3.63, 3.8) is 0 Å². The fourth-order valence-electron chi connectivity index (χ4n) is 2.04. The zero-order chi connectivity index (χ0) is 14.3. The topological polar surface area (TPSA) is 37.8 Å². The number of nitrogens with one attached hydrogen (secondary N) is 1. The van der Waals surface area contributed by atoms with Crippen LogP contribution in [-0.4, -0.2) is 9.55 Å². The molecule has 3 aromatic rings. The van der Waals surface area contributed by atoms with Crippen LogP contribution in [0.4, 0.5) is 0 Å². The van der Waals surface area contributed by atoms with Crippen molar-refractivity contribution in [3.05, 3.63) is 67.6 Å². The smallest absolute Gasteiger partial charge is 0.266 e. The summed E-state index contributed by atoms with van der Waals surface area (Å²) in [4.78, 5) is 15.6. The Bertz CT molecular complexity index is 930. The van der Waals surface area contributed by atoms with Gasteiger partial charge in [-0.15, -0.1) is 0 Å². The highest BCUT2D eigenvalue weighted by Gasteiger charge is 2.08. The first kappa shape index (κ1) is 13.4. The second-order valence-corrected chi connectivity index (χ2v) is 5.50. The van der Waals surface area contributed by atoms with E-state index >= 15 is 0 Å². The first-order valence-electron chi connectivity index (χ1n) is 5.77. The largest absolute Gasteiger partial charge is 0.331 e. The van der Waals surface area contributed by atoms with Crippen molar-refractivity contribution in [1.29, 1.82) is 0 Å². The van der Waals surface area contributed by atoms with Gasteiger partial charge in [-0.1, -0.05) is 29.3 Å². The van der Waals surface area contributed by atoms with Crippen molar-refractivity contribution in [3.8, 4) is 5.69 Å². The van der Waals surface area contributed by atoms with E-state index in [1.54, 1.807) is 42.5 Å². The van der Waals surface area contributed by atoms with Crippen LogP contribution in [0.1, 0.15) is 0 Å². The molecule has 0 atom stereocenters. The molecule has 0 saturated heterocycles. The van der Waals surface area contributed by atoms with Crippen LogP contribution in [0, 0.1) is 4.77 Å². The number of aromatic amines is 1. The van der Waals surface area contributed by atoms with E-state index in [0.717, 1.165) is 0 Å². The molecule has 1 heterocycles. The molecule has 0 bridgehead atoms. The molecule has 0 spiro atoms. The summed E-state index contributed by atoms with van der Waals surface area (Å²) >= 11 is 17.1. The molecular formula is C14H8Cl2N2OS. The minimum absolute atomic E-state index is 0.206. The monoisotopic (exact) mass is 322 g/mol. The Morgan fingerprint density at radius 3 is 2.55 bits per heavy atom. The van der Waals surface area contributed by atoms with Gasteiger partial charge in [0.1, 0.15) is 0 Å². The SMILES string of the molecule is O=c1c2ccc(Cl)cc2[nH]c(=S)n1-c1cccc(Cl)c1. The molecule has 0 fully saturated rings. The molecule has 1 N–H and O–H groups in total. The minimum atomic E-state index is -0.206. The number of aromatic nitrogens is 2. The molecule has 3 nitrogen and oxygen atoms in total. The second-order valence-electron chi connectivity index (χ2n) is 4.24. The molecule has 0 aliphatic rings. The molecule has 0 amide bonds. The molecule has 20 heavy (non-hydrogen) atoms. The van der Waals surface area contributed by atoms with Crippen LogP contribution in [0.2, 0.25) is 10.0 Å². The van der Waals surface area contributed by atoms with Gasteiger partial charge < -0.3 is 4.98 Å². The van der Waals surface area contributed by atoms with E-state index in [9.17, 15) is 4.79 Å². The number of nitrogens with zero attached hydrogens (tertiary/aromatic N) is 1. The standard InChI is InChI=1S/C14H8Cl2N2OS/c15-8-2-1-3-10(6-8)18-13(19)11-5-4-9(16)7-12(11)17-14(18)20/h1-7H,(H,17,20). The highest BCUT2D eigenvalue weighted by molar-refractivity contribution is 7.71. The summed E-state index contributed by atoms with van der Waals surface area (Å²) < 4.78 is 1.71. The van der Waals surface area contributed by atoms with Gasteiger partial charge in [0.05, 0.1) is 16.6 Å². The fraction of sp³-hybridized carbons (Fsp3) is 0. The zero-order valence-corrected chi connectivity index (χ0v) is 12.4. The predicted molar refractivity (Wildman–Crippen MR) is 84.7 cm³/mol. The lowest BCUT2D eigenvalue weighted by atomic mass is 10.2. The second kappa shape index (κ2) is 5.05. The van der Waals surface area contributed by atoms with Gasteiger partial charge in [-0.2, -0.15) is 0 Å². The highest BCUT2D eigenvalue weighted by atomic mass is 35.5. The Balaban J connectivity index is 2.41. The van der Waals surface area contributed by atoms with E-state index in [1.807, 2.05) is 0 Å². The maximum atomic E-state index is 12.6. The van der Waals surface area contributed by atoms with Crippen molar-refractivity contribution in [1.82, 2.24) is 9.55 Å². The van der Waals surface area contributed by atoms with Crippen LogP contribution in [0.5, 0.6) is 0 Å². The van der Waals surface area contributed by atoms with Gasteiger partial charge in [0, 0.05) is 10.0 Å². The highest BCUT2D eigenvalue weighted by Crippen LogP contribution is 2.17. The van der Waals surface area contributed by atoms with E-state index in [4.69, 9.17) is 35.4 Å². The lowest BCUT2D eigenvalue weighted by Gasteiger charge is -2.08. The van der Waals surface area contributed by atoms with Crippen molar-refractivity contribution < 1.29 is 0 Å². The molecule has 3 rings (SSSR count). The van der Waals surface area contributed by atoms with E-state index in [1.165, 1.54) is 4.57 Å². The normalized spacial score (nSPS) is 10.9. The van der Waals surface area contributed by atoms with E-state index in [-0.39, 0.29) is 5.56 Å². The Labute approximate surface area is 129 Å². The molecule has 0 aliphatic heterocycles. The Morgan fingerprint density at radius 1 is 1.05 bits per heavy atom. The lowest BCUT2D eigenvalue weighted by molar-refractivity contribution is 0.940. The molecular weight excluding hydrogens is 315 g/mol. The maximum Gasteiger partial charge on any atom is 0.266 e. The van der Waals surface area contributed by atoms with Crippen LogP contribution in [0.15, 0.2) is 47.3 Å². The first-order valence-corrected chi connectivity index (χ1v) is 6.93. The first-order chi connectivity index (χ1) is 9.56. The Morgan fingerprint density at radius 2 is 1.80 bits per heavy atom. The summed E-state index contributed by atoms with van der Waals surface area (Å²) in [6.07, 6.45) is 0. The number of hydrogen-bond donors (Lipinski definition) is 1. The van der Waals surface area contributed by atoms with Crippen LogP contribution in [-0.2, 0) is 0 Å². The lowest BCUT2D eigenvalue weighted by Crippen LogP contribution is -2.20. The third kappa shape index (κ3) is 2.26. The summed E-state index contributed by atoms with van der Waals surface area (Å²) in [6, 6.07) is 12.0. The maximum absolute atomic E-state index is 12.6. The number of H-pyrrole nitrogens is 1. The minimum Gasteiger partial charge on any atom is -0.331 e. The number of benzene rings is 2. The summed E-state index contributed by atoms with van der Waals surface area (Å²) in [7, 11) is 0. The number of halogens is 2. The molecule has 2 aromatic carbocycles. The third-order valence-electron chi connectivity index (χ3n) is 2.93. The molecule has 6 heteroatoms. The molecule has 1 aromatic heterocycles. The van der Waals surface area contributed by atoms with Gasteiger partial charge in [-0.05, 0) is 48.6 Å². The van der Waals surface area contributed by atoms with Gasteiger partial charge >= 0.3 is 0 Å². The summed E-state index contributed by atoms with van der Waals surface area (Å²) in [5.41, 5.74) is 1.04. The van der Waals surface area contributed by atoms with Crippen LogP contribution < -0.4 is 5.56 Å². The molecule has 0 saturated carbocycles. The average Bonchev–Trinajstić information content (AvgIpc) is 2.38. The van der Waals surface area contributed by atoms with Gasteiger partial charge in [-0.25, -0.2) is 0 Å². The van der Waals surface area contributed by atoms with Crippen molar-refractivity contribution >= 4 is 46.3 Å². The van der Waals surface area contributed by atoms with Crippen molar-refractivity contribution in [2.45, 2.75) is 0 Å². The van der Waals surface area contributed by atoms with E-state index < -0.39 is 0 Å². The van der Waals surface area contributed by atoms with Crippen LogP contribution >= 0.6 is 35.4 Å². The summed E-state index contributed by atoms with van der Waals surface area (Å²) in [6.45, 7) is 0. The van der Waals surface area contributed by atoms with Crippen molar-refractivity contribution in [2.75, 3.05) is 0 Å². The zero-order valence-electron chi connectivity index (χ0n) is 10.1. The molecule has 100 valence electrons. The van der Waals surface area contributed by atoms with Gasteiger partial charge in [-0.3, -0.25) is 9.36 Å². The Kier molecular flexibility index (Phi) is 3.38. The molecule has 0 aliphatic carbocycles.